The Balaban J connectivity index is 1.86. The van der Waals surface area contributed by atoms with Gasteiger partial charge in [0.25, 0.3) is 0 Å². The predicted octanol–water partition coefficient (Wildman–Crippen LogP) is 2.15. The van der Waals surface area contributed by atoms with E-state index in [1.165, 1.54) is 11.3 Å². The standard InChI is InChI=1S/C13H18ClN3O2S/c1-16(8-10-2-3-11(14)20-10)12(18)9-4-6-17(7-5-9)13(15)19/h2-3,9H,4-8H2,1H3,(H2,15,19). The van der Waals surface area contributed by atoms with Crippen LogP contribution in [0.4, 0.5) is 4.79 Å². The highest BCUT2D eigenvalue weighted by atomic mass is 35.5. The summed E-state index contributed by atoms with van der Waals surface area (Å²) in [5.74, 6) is 0.102. The van der Waals surface area contributed by atoms with E-state index in [1.807, 2.05) is 12.1 Å². The first kappa shape index (κ1) is 15.1. The number of nitrogens with two attached hydrogens (primary N) is 1. The van der Waals surface area contributed by atoms with Gasteiger partial charge in [0.1, 0.15) is 0 Å². The smallest absolute Gasteiger partial charge is 0.314 e. The molecule has 110 valence electrons. The Kier molecular flexibility index (Phi) is 4.88. The second-order valence-corrected chi connectivity index (χ2v) is 6.80. The van der Waals surface area contributed by atoms with Gasteiger partial charge in [0.2, 0.25) is 5.91 Å². The Labute approximate surface area is 127 Å². The molecule has 0 radical (unpaired) electrons. The molecule has 5 nitrogen and oxygen atoms in total. The molecule has 7 heteroatoms. The SMILES string of the molecule is CN(Cc1ccc(Cl)s1)C(=O)C1CCN(C(N)=O)CC1. The van der Waals surface area contributed by atoms with Gasteiger partial charge < -0.3 is 15.5 Å². The molecule has 3 amide bonds. The lowest BCUT2D eigenvalue weighted by Crippen LogP contribution is -2.45. The highest BCUT2D eigenvalue weighted by Crippen LogP contribution is 2.24. The van der Waals surface area contributed by atoms with Gasteiger partial charge in [-0.15, -0.1) is 11.3 Å². The van der Waals surface area contributed by atoms with E-state index in [1.54, 1.807) is 16.8 Å². The van der Waals surface area contributed by atoms with Crippen LogP contribution in [0.25, 0.3) is 0 Å². The summed E-state index contributed by atoms with van der Waals surface area (Å²) in [6, 6.07) is 3.37. The molecule has 0 spiro atoms. The number of nitrogens with zero attached hydrogens (tertiary/aromatic N) is 2. The van der Waals surface area contributed by atoms with Crippen molar-refractivity contribution in [1.82, 2.24) is 9.80 Å². The van der Waals surface area contributed by atoms with E-state index < -0.39 is 6.03 Å². The molecule has 0 aliphatic carbocycles. The first-order valence-electron chi connectivity index (χ1n) is 6.51. The zero-order chi connectivity index (χ0) is 14.7. The van der Waals surface area contributed by atoms with E-state index in [-0.39, 0.29) is 11.8 Å². The van der Waals surface area contributed by atoms with Crippen LogP contribution in [-0.2, 0) is 11.3 Å². The fourth-order valence-electron chi connectivity index (χ4n) is 2.41. The quantitative estimate of drug-likeness (QED) is 0.928. The first-order valence-corrected chi connectivity index (χ1v) is 7.70. The van der Waals surface area contributed by atoms with E-state index in [0.717, 1.165) is 9.21 Å². The lowest BCUT2D eigenvalue weighted by Gasteiger charge is -2.32. The lowest BCUT2D eigenvalue weighted by molar-refractivity contribution is -0.136. The fourth-order valence-corrected chi connectivity index (χ4v) is 3.55. The maximum absolute atomic E-state index is 12.3. The van der Waals surface area contributed by atoms with Crippen molar-refractivity contribution < 1.29 is 9.59 Å². The molecule has 2 heterocycles. The number of piperidine rings is 1. The summed E-state index contributed by atoms with van der Waals surface area (Å²) >= 11 is 7.37. The van der Waals surface area contributed by atoms with Crippen LogP contribution in [0.1, 0.15) is 17.7 Å². The minimum Gasteiger partial charge on any atom is -0.351 e. The summed E-state index contributed by atoms with van der Waals surface area (Å²) in [5.41, 5.74) is 5.23. The minimum atomic E-state index is -0.405. The van der Waals surface area contributed by atoms with Gasteiger partial charge in [-0.25, -0.2) is 4.79 Å². The number of likely N-dealkylation sites (tertiary alicyclic amines) is 1. The number of carbonyl (C=O) groups is 2. The van der Waals surface area contributed by atoms with Gasteiger partial charge in [-0.1, -0.05) is 11.6 Å². The Hall–Kier alpha value is -1.27. The molecule has 2 N–H and O–H groups in total. The summed E-state index contributed by atoms with van der Waals surface area (Å²) in [7, 11) is 1.80. The van der Waals surface area contributed by atoms with E-state index in [0.29, 0.717) is 32.5 Å². The fraction of sp³-hybridized carbons (Fsp3) is 0.538. The molecule has 1 aromatic rings. The molecule has 20 heavy (non-hydrogen) atoms. The number of urea groups is 1. The monoisotopic (exact) mass is 315 g/mol. The third-order valence-electron chi connectivity index (χ3n) is 3.55. The summed E-state index contributed by atoms with van der Waals surface area (Å²) in [6.45, 7) is 1.70. The maximum Gasteiger partial charge on any atom is 0.314 e. The van der Waals surface area contributed by atoms with Gasteiger partial charge in [0.05, 0.1) is 10.9 Å². The molecule has 0 unspecified atom stereocenters. The summed E-state index contributed by atoms with van der Waals surface area (Å²) < 4.78 is 0.732. The van der Waals surface area contributed by atoms with Gasteiger partial charge in [0, 0.05) is 30.9 Å². The topological polar surface area (TPSA) is 66.6 Å². The van der Waals surface area contributed by atoms with Gasteiger partial charge >= 0.3 is 6.03 Å². The molecule has 0 saturated carbocycles. The number of rotatable bonds is 3. The van der Waals surface area contributed by atoms with Crippen LogP contribution in [0.5, 0.6) is 0 Å². The normalized spacial score (nSPS) is 16.2. The number of thiophene rings is 1. The Morgan fingerprint density at radius 3 is 2.60 bits per heavy atom. The number of hydrogen-bond donors (Lipinski definition) is 1. The van der Waals surface area contributed by atoms with Crippen molar-refractivity contribution in [3.05, 3.63) is 21.3 Å². The number of primary amides is 1. The third kappa shape index (κ3) is 3.64. The maximum atomic E-state index is 12.3. The molecule has 0 aromatic carbocycles. The van der Waals surface area contributed by atoms with Crippen molar-refractivity contribution >= 4 is 34.9 Å². The molecule has 1 aliphatic heterocycles. The largest absolute Gasteiger partial charge is 0.351 e. The molecule has 0 atom stereocenters. The highest BCUT2D eigenvalue weighted by molar-refractivity contribution is 7.16. The molecule has 1 fully saturated rings. The molecule has 1 aliphatic rings. The van der Waals surface area contributed by atoms with E-state index in [2.05, 4.69) is 0 Å². The first-order chi connectivity index (χ1) is 9.47. The summed E-state index contributed by atoms with van der Waals surface area (Å²) in [6.07, 6.45) is 1.36. The minimum absolute atomic E-state index is 0.0222. The third-order valence-corrected chi connectivity index (χ3v) is 4.77. The highest BCUT2D eigenvalue weighted by Gasteiger charge is 2.28. The molecular weight excluding hydrogens is 298 g/mol. The van der Waals surface area contributed by atoms with Crippen molar-refractivity contribution in [3.63, 3.8) is 0 Å². The van der Waals surface area contributed by atoms with E-state index in [4.69, 9.17) is 17.3 Å². The zero-order valence-corrected chi connectivity index (χ0v) is 12.9. The van der Waals surface area contributed by atoms with Crippen LogP contribution >= 0.6 is 22.9 Å². The number of halogens is 1. The number of hydrogen-bond acceptors (Lipinski definition) is 3. The summed E-state index contributed by atoms with van der Waals surface area (Å²) in [5, 5.41) is 0. The van der Waals surface area contributed by atoms with Crippen molar-refractivity contribution in [1.29, 1.82) is 0 Å². The van der Waals surface area contributed by atoms with Gasteiger partial charge in [0.15, 0.2) is 0 Å². The Morgan fingerprint density at radius 2 is 2.10 bits per heavy atom. The molecule has 1 aromatic heterocycles. The second kappa shape index (κ2) is 6.45. The van der Waals surface area contributed by atoms with Crippen molar-refractivity contribution in [2.75, 3.05) is 20.1 Å². The van der Waals surface area contributed by atoms with Crippen LogP contribution in [0.2, 0.25) is 4.34 Å². The molecule has 2 rings (SSSR count). The van der Waals surface area contributed by atoms with Crippen molar-refractivity contribution in [2.45, 2.75) is 19.4 Å². The second-order valence-electron chi connectivity index (χ2n) is 5.00. The average Bonchev–Trinajstić information content (AvgIpc) is 2.83. The van der Waals surface area contributed by atoms with Crippen LogP contribution in [0.3, 0.4) is 0 Å². The van der Waals surface area contributed by atoms with Crippen LogP contribution in [0.15, 0.2) is 12.1 Å². The molecule has 1 saturated heterocycles. The molecular formula is C13H18ClN3O2S. The van der Waals surface area contributed by atoms with E-state index in [9.17, 15) is 9.59 Å². The Morgan fingerprint density at radius 1 is 1.45 bits per heavy atom. The number of carbonyl (C=O) groups excluding carboxylic acids is 2. The number of amides is 3. The zero-order valence-electron chi connectivity index (χ0n) is 11.3. The van der Waals surface area contributed by atoms with E-state index >= 15 is 0 Å². The van der Waals surface area contributed by atoms with Gasteiger partial charge in [-0.2, -0.15) is 0 Å². The van der Waals surface area contributed by atoms with Crippen LogP contribution < -0.4 is 5.73 Å². The Bertz CT molecular complexity index is 498. The van der Waals surface area contributed by atoms with Gasteiger partial charge in [-0.05, 0) is 25.0 Å². The van der Waals surface area contributed by atoms with Crippen LogP contribution in [0, 0.1) is 5.92 Å². The summed E-state index contributed by atoms with van der Waals surface area (Å²) in [4.78, 5) is 27.8. The molecule has 0 bridgehead atoms. The lowest BCUT2D eigenvalue weighted by atomic mass is 9.95. The van der Waals surface area contributed by atoms with Gasteiger partial charge in [-0.3, -0.25) is 4.79 Å². The van der Waals surface area contributed by atoms with Crippen molar-refractivity contribution in [3.8, 4) is 0 Å². The van der Waals surface area contributed by atoms with Crippen molar-refractivity contribution in [2.24, 2.45) is 11.7 Å². The predicted molar refractivity (Wildman–Crippen MR) is 79.7 cm³/mol. The van der Waals surface area contributed by atoms with Crippen LogP contribution in [-0.4, -0.2) is 41.9 Å². The average molecular weight is 316 g/mol.